The van der Waals surface area contributed by atoms with E-state index in [0.717, 1.165) is 16.7 Å². The summed E-state index contributed by atoms with van der Waals surface area (Å²) in [6.45, 7) is 6.80. The Labute approximate surface area is 152 Å². The molecule has 2 rings (SSSR count). The number of carbonyl (C=O) groups is 3. The lowest BCUT2D eigenvalue weighted by atomic mass is 10.1. The van der Waals surface area contributed by atoms with Crippen molar-refractivity contribution in [3.63, 3.8) is 0 Å². The Bertz CT molecular complexity index is 825. The summed E-state index contributed by atoms with van der Waals surface area (Å²) in [5.41, 5.74) is 4.10. The van der Waals surface area contributed by atoms with Crippen LogP contribution in [0.4, 0.5) is 11.4 Å². The minimum atomic E-state index is -0.537. The maximum absolute atomic E-state index is 12.4. The number of aryl methyl sites for hydroxylation is 2. The van der Waals surface area contributed by atoms with E-state index in [1.54, 1.807) is 6.07 Å². The van der Waals surface area contributed by atoms with Crippen molar-refractivity contribution in [3.05, 3.63) is 58.7 Å². The van der Waals surface area contributed by atoms with Crippen molar-refractivity contribution in [1.29, 1.82) is 0 Å². The zero-order valence-electron chi connectivity index (χ0n) is 15.3. The van der Waals surface area contributed by atoms with E-state index in [1.807, 2.05) is 32.0 Å². The van der Waals surface area contributed by atoms with E-state index in [0.29, 0.717) is 11.4 Å². The van der Waals surface area contributed by atoms with Crippen molar-refractivity contribution < 1.29 is 19.1 Å². The van der Waals surface area contributed by atoms with E-state index in [-0.39, 0.29) is 24.0 Å². The van der Waals surface area contributed by atoms with Gasteiger partial charge in [-0.25, -0.2) is 4.79 Å². The Balaban J connectivity index is 2.21. The number of hydrogen-bond acceptors (Lipinski definition) is 4. The standard InChI is InChI=1S/C20H22N2O4/c1-12-5-6-13(2)17(7-12)11-26-20(25)16-8-18(21-14(3)23)10-19(9-16)22-15(4)24/h5-10H,11H2,1-4H3,(H,21,23)(H,22,24). The average molecular weight is 354 g/mol. The number of esters is 1. The Morgan fingerprint density at radius 2 is 1.46 bits per heavy atom. The van der Waals surface area contributed by atoms with Gasteiger partial charge in [-0.15, -0.1) is 0 Å². The van der Waals surface area contributed by atoms with Gasteiger partial charge in [-0.3, -0.25) is 9.59 Å². The molecule has 0 spiro atoms. The minimum absolute atomic E-state index is 0.145. The van der Waals surface area contributed by atoms with Gasteiger partial charge in [-0.05, 0) is 43.2 Å². The van der Waals surface area contributed by atoms with Crippen LogP contribution in [0.3, 0.4) is 0 Å². The van der Waals surface area contributed by atoms with Crippen LogP contribution in [0.1, 0.15) is 40.9 Å². The van der Waals surface area contributed by atoms with E-state index in [1.165, 1.54) is 26.0 Å². The summed E-state index contributed by atoms with van der Waals surface area (Å²) in [7, 11) is 0. The smallest absolute Gasteiger partial charge is 0.338 e. The molecular weight excluding hydrogens is 332 g/mol. The molecule has 0 bridgehead atoms. The quantitative estimate of drug-likeness (QED) is 0.804. The van der Waals surface area contributed by atoms with E-state index in [4.69, 9.17) is 4.74 Å². The SMILES string of the molecule is CC(=O)Nc1cc(NC(C)=O)cc(C(=O)OCc2cc(C)ccc2C)c1. The van der Waals surface area contributed by atoms with Gasteiger partial charge >= 0.3 is 5.97 Å². The molecule has 2 N–H and O–H groups in total. The van der Waals surface area contributed by atoms with Gasteiger partial charge in [0.1, 0.15) is 6.61 Å². The van der Waals surface area contributed by atoms with Gasteiger partial charge in [0.2, 0.25) is 11.8 Å². The molecule has 136 valence electrons. The molecule has 0 saturated heterocycles. The first-order valence-corrected chi connectivity index (χ1v) is 8.18. The fraction of sp³-hybridized carbons (Fsp3) is 0.250. The van der Waals surface area contributed by atoms with Crippen LogP contribution in [0.25, 0.3) is 0 Å². The normalized spacial score (nSPS) is 10.2. The molecule has 6 nitrogen and oxygen atoms in total. The minimum Gasteiger partial charge on any atom is -0.457 e. The third-order valence-corrected chi connectivity index (χ3v) is 3.67. The molecule has 0 unspecified atom stereocenters. The van der Waals surface area contributed by atoms with Crippen LogP contribution in [0.5, 0.6) is 0 Å². The third-order valence-electron chi connectivity index (χ3n) is 3.67. The van der Waals surface area contributed by atoms with Crippen LogP contribution >= 0.6 is 0 Å². The lowest BCUT2D eigenvalue weighted by Crippen LogP contribution is -2.12. The van der Waals surface area contributed by atoms with Gasteiger partial charge in [-0.2, -0.15) is 0 Å². The highest BCUT2D eigenvalue weighted by atomic mass is 16.5. The first kappa shape index (κ1) is 19.2. The molecule has 0 fully saturated rings. The zero-order valence-corrected chi connectivity index (χ0v) is 15.3. The molecule has 2 aromatic rings. The summed E-state index contributed by atoms with van der Waals surface area (Å²) in [4.78, 5) is 35.0. The maximum atomic E-state index is 12.4. The van der Waals surface area contributed by atoms with Gasteiger partial charge in [-0.1, -0.05) is 23.8 Å². The first-order chi connectivity index (χ1) is 12.2. The zero-order chi connectivity index (χ0) is 19.3. The second-order valence-electron chi connectivity index (χ2n) is 6.17. The van der Waals surface area contributed by atoms with Gasteiger partial charge in [0.25, 0.3) is 0 Å². The van der Waals surface area contributed by atoms with Gasteiger partial charge < -0.3 is 15.4 Å². The molecule has 0 saturated carbocycles. The molecular formula is C20H22N2O4. The number of benzene rings is 2. The lowest BCUT2D eigenvalue weighted by molar-refractivity contribution is -0.115. The Kier molecular flexibility index (Phi) is 6.11. The molecule has 26 heavy (non-hydrogen) atoms. The highest BCUT2D eigenvalue weighted by Gasteiger charge is 2.13. The number of hydrogen-bond donors (Lipinski definition) is 2. The summed E-state index contributed by atoms with van der Waals surface area (Å²) in [5.74, 6) is -1.09. The van der Waals surface area contributed by atoms with Crippen molar-refractivity contribution in [3.8, 4) is 0 Å². The number of anilines is 2. The summed E-state index contributed by atoms with van der Waals surface area (Å²) in [5, 5.41) is 5.21. The van der Waals surface area contributed by atoms with Crippen molar-refractivity contribution in [2.75, 3.05) is 10.6 Å². The molecule has 2 aromatic carbocycles. The van der Waals surface area contributed by atoms with E-state index < -0.39 is 5.97 Å². The monoisotopic (exact) mass is 354 g/mol. The Morgan fingerprint density at radius 3 is 2.00 bits per heavy atom. The van der Waals surface area contributed by atoms with Crippen molar-refractivity contribution in [2.45, 2.75) is 34.3 Å². The van der Waals surface area contributed by atoms with Crippen molar-refractivity contribution in [2.24, 2.45) is 0 Å². The number of rotatable bonds is 5. The number of amides is 2. The number of nitrogens with one attached hydrogen (secondary N) is 2. The largest absolute Gasteiger partial charge is 0.457 e. The molecule has 6 heteroatoms. The highest BCUT2D eigenvalue weighted by molar-refractivity contribution is 5.97. The summed E-state index contributed by atoms with van der Waals surface area (Å²) >= 11 is 0. The molecule has 0 aliphatic heterocycles. The second-order valence-corrected chi connectivity index (χ2v) is 6.17. The number of carbonyl (C=O) groups excluding carboxylic acids is 3. The Hall–Kier alpha value is -3.15. The molecule has 0 aromatic heterocycles. The molecule has 0 radical (unpaired) electrons. The van der Waals surface area contributed by atoms with Gasteiger partial charge in [0.15, 0.2) is 0 Å². The van der Waals surface area contributed by atoms with E-state index in [2.05, 4.69) is 10.6 Å². The lowest BCUT2D eigenvalue weighted by Gasteiger charge is -2.12. The van der Waals surface area contributed by atoms with Crippen molar-refractivity contribution in [1.82, 2.24) is 0 Å². The summed E-state index contributed by atoms with van der Waals surface area (Å²) < 4.78 is 5.41. The average Bonchev–Trinajstić information content (AvgIpc) is 2.53. The predicted molar refractivity (Wildman–Crippen MR) is 100 cm³/mol. The molecule has 0 atom stereocenters. The molecule has 2 amide bonds. The summed E-state index contributed by atoms with van der Waals surface area (Å²) in [6.07, 6.45) is 0. The fourth-order valence-corrected chi connectivity index (χ4v) is 2.48. The molecule has 0 aliphatic carbocycles. The van der Waals surface area contributed by atoms with Crippen LogP contribution in [0, 0.1) is 13.8 Å². The van der Waals surface area contributed by atoms with Gasteiger partial charge in [0, 0.05) is 25.2 Å². The summed E-state index contributed by atoms with van der Waals surface area (Å²) in [6, 6.07) is 10.5. The Morgan fingerprint density at radius 1 is 0.885 bits per heavy atom. The van der Waals surface area contributed by atoms with Crippen LogP contribution in [-0.4, -0.2) is 17.8 Å². The van der Waals surface area contributed by atoms with Crippen LogP contribution in [0.2, 0.25) is 0 Å². The van der Waals surface area contributed by atoms with Crippen LogP contribution in [0.15, 0.2) is 36.4 Å². The molecule has 0 aliphatic rings. The van der Waals surface area contributed by atoms with Crippen molar-refractivity contribution >= 4 is 29.2 Å². The molecule has 0 heterocycles. The first-order valence-electron chi connectivity index (χ1n) is 8.18. The van der Waals surface area contributed by atoms with Gasteiger partial charge in [0.05, 0.1) is 5.56 Å². The predicted octanol–water partition coefficient (Wildman–Crippen LogP) is 3.58. The number of ether oxygens (including phenoxy) is 1. The van der Waals surface area contributed by atoms with E-state index in [9.17, 15) is 14.4 Å². The maximum Gasteiger partial charge on any atom is 0.338 e. The topological polar surface area (TPSA) is 84.5 Å². The van der Waals surface area contributed by atoms with E-state index >= 15 is 0 Å². The highest BCUT2D eigenvalue weighted by Crippen LogP contribution is 2.21. The fourth-order valence-electron chi connectivity index (χ4n) is 2.48. The second kappa shape index (κ2) is 8.29. The third kappa shape index (κ3) is 5.44. The van der Waals surface area contributed by atoms with Crippen LogP contribution in [-0.2, 0) is 20.9 Å². The van der Waals surface area contributed by atoms with Crippen LogP contribution < -0.4 is 10.6 Å².